The van der Waals surface area contributed by atoms with Crippen LogP contribution in [0, 0.1) is 13.8 Å². The Morgan fingerprint density at radius 3 is 2.39 bits per heavy atom. The van der Waals surface area contributed by atoms with Crippen molar-refractivity contribution in [3.8, 4) is 5.75 Å². The first kappa shape index (κ1) is 22.7. The topological polar surface area (TPSA) is 84.5 Å². The van der Waals surface area contributed by atoms with Gasteiger partial charge in [-0.05, 0) is 80.4 Å². The van der Waals surface area contributed by atoms with E-state index in [9.17, 15) is 13.2 Å². The second-order valence-electron chi connectivity index (χ2n) is 7.15. The van der Waals surface area contributed by atoms with Gasteiger partial charge in [-0.1, -0.05) is 29.8 Å². The summed E-state index contributed by atoms with van der Waals surface area (Å²) >= 11 is 5.96. The number of aryl methyl sites for hydroxylation is 2. The molecule has 0 saturated carbocycles. The van der Waals surface area contributed by atoms with E-state index < -0.39 is 16.1 Å². The van der Waals surface area contributed by atoms with Gasteiger partial charge in [-0.3, -0.25) is 9.52 Å². The number of hydrogen-bond donors (Lipinski definition) is 2. The minimum Gasteiger partial charge on any atom is -0.481 e. The van der Waals surface area contributed by atoms with Gasteiger partial charge in [-0.15, -0.1) is 0 Å². The molecule has 0 fully saturated rings. The summed E-state index contributed by atoms with van der Waals surface area (Å²) in [4.78, 5) is 12.5. The molecule has 3 aromatic carbocycles. The molecule has 0 heterocycles. The molecule has 1 amide bonds. The third kappa shape index (κ3) is 5.99. The van der Waals surface area contributed by atoms with Crippen LogP contribution in [0.15, 0.2) is 71.6 Å². The van der Waals surface area contributed by atoms with Gasteiger partial charge in [0, 0.05) is 10.7 Å². The molecule has 162 valence electrons. The van der Waals surface area contributed by atoms with Crippen molar-refractivity contribution in [1.29, 1.82) is 0 Å². The lowest BCUT2D eigenvalue weighted by atomic mass is 10.2. The minimum atomic E-state index is -3.80. The van der Waals surface area contributed by atoms with E-state index in [1.165, 1.54) is 24.3 Å². The van der Waals surface area contributed by atoms with Gasteiger partial charge in [0.1, 0.15) is 5.75 Å². The lowest BCUT2D eigenvalue weighted by Gasteiger charge is -2.15. The van der Waals surface area contributed by atoms with E-state index >= 15 is 0 Å². The Kier molecular flexibility index (Phi) is 6.87. The van der Waals surface area contributed by atoms with Crippen molar-refractivity contribution in [3.05, 3.63) is 82.9 Å². The van der Waals surface area contributed by atoms with Crippen LogP contribution in [0.3, 0.4) is 0 Å². The van der Waals surface area contributed by atoms with Gasteiger partial charge in [0.25, 0.3) is 15.9 Å². The molecule has 0 aliphatic rings. The molecule has 0 aliphatic carbocycles. The zero-order chi connectivity index (χ0) is 22.6. The lowest BCUT2D eigenvalue weighted by molar-refractivity contribution is -0.122. The maximum Gasteiger partial charge on any atom is 0.265 e. The molecule has 3 rings (SSSR count). The molecule has 0 bridgehead atoms. The molecule has 0 spiro atoms. The molecule has 8 heteroatoms. The number of sulfonamides is 1. The minimum absolute atomic E-state index is 0.0638. The van der Waals surface area contributed by atoms with E-state index in [2.05, 4.69) is 10.0 Å². The molecule has 0 aromatic heterocycles. The second-order valence-corrected chi connectivity index (χ2v) is 9.27. The Bertz CT molecular complexity index is 1190. The number of halogens is 1. The summed E-state index contributed by atoms with van der Waals surface area (Å²) in [5, 5.41) is 3.16. The first-order valence-corrected chi connectivity index (χ1v) is 11.4. The predicted molar refractivity (Wildman–Crippen MR) is 123 cm³/mol. The molecule has 3 aromatic rings. The van der Waals surface area contributed by atoms with E-state index in [4.69, 9.17) is 16.3 Å². The molecule has 2 N–H and O–H groups in total. The van der Waals surface area contributed by atoms with Crippen LogP contribution in [0.2, 0.25) is 5.02 Å². The Balaban J connectivity index is 1.66. The standard InChI is InChI=1S/C23H23ClN2O4S/c1-15-5-4-6-20(13-15)30-17(3)23(27)25-19-9-11-21(12-10-19)31(28,29)26-22-14-18(24)8-7-16(22)2/h4-14,17,26H,1-3H3,(H,25,27)/t17-/m0/s1. The van der Waals surface area contributed by atoms with E-state index in [0.717, 1.165) is 11.1 Å². The first-order chi connectivity index (χ1) is 14.6. The Morgan fingerprint density at radius 2 is 1.71 bits per heavy atom. The van der Waals surface area contributed by atoms with E-state index in [1.807, 2.05) is 25.1 Å². The van der Waals surface area contributed by atoms with Crippen molar-refractivity contribution in [1.82, 2.24) is 0 Å². The summed E-state index contributed by atoms with van der Waals surface area (Å²) in [6.07, 6.45) is -0.724. The summed E-state index contributed by atoms with van der Waals surface area (Å²) in [6.45, 7) is 5.37. The van der Waals surface area contributed by atoms with Crippen LogP contribution in [-0.2, 0) is 14.8 Å². The summed E-state index contributed by atoms with van der Waals surface area (Å²) in [6, 6.07) is 18.3. The van der Waals surface area contributed by atoms with Crippen molar-refractivity contribution >= 4 is 38.9 Å². The lowest BCUT2D eigenvalue weighted by Crippen LogP contribution is -2.30. The summed E-state index contributed by atoms with van der Waals surface area (Å²) in [5.41, 5.74) is 2.65. The highest BCUT2D eigenvalue weighted by atomic mass is 35.5. The smallest absolute Gasteiger partial charge is 0.265 e. The SMILES string of the molecule is Cc1cccc(O[C@@H](C)C(=O)Nc2ccc(S(=O)(=O)Nc3cc(Cl)ccc3C)cc2)c1. The maximum absolute atomic E-state index is 12.7. The largest absolute Gasteiger partial charge is 0.481 e. The molecule has 0 aliphatic heterocycles. The fraction of sp³-hybridized carbons (Fsp3) is 0.174. The Hall–Kier alpha value is -3.03. The molecule has 1 atom stereocenters. The Morgan fingerprint density at radius 1 is 1.00 bits per heavy atom. The number of amides is 1. The van der Waals surface area contributed by atoms with Crippen molar-refractivity contribution in [3.63, 3.8) is 0 Å². The van der Waals surface area contributed by atoms with Crippen LogP contribution in [0.25, 0.3) is 0 Å². The van der Waals surface area contributed by atoms with Crippen molar-refractivity contribution in [2.24, 2.45) is 0 Å². The predicted octanol–water partition coefficient (Wildman–Crippen LogP) is 5.16. The molecule has 0 radical (unpaired) electrons. The fourth-order valence-corrected chi connectivity index (χ4v) is 4.11. The third-order valence-corrected chi connectivity index (χ3v) is 6.16. The number of hydrogen-bond acceptors (Lipinski definition) is 4. The van der Waals surface area contributed by atoms with E-state index in [-0.39, 0.29) is 10.8 Å². The third-order valence-electron chi connectivity index (χ3n) is 4.55. The zero-order valence-corrected chi connectivity index (χ0v) is 18.9. The average molecular weight is 459 g/mol. The number of benzene rings is 3. The van der Waals surface area contributed by atoms with Crippen molar-refractivity contribution in [2.75, 3.05) is 10.0 Å². The van der Waals surface area contributed by atoms with Gasteiger partial charge in [-0.25, -0.2) is 8.42 Å². The average Bonchev–Trinajstić information content (AvgIpc) is 2.71. The van der Waals surface area contributed by atoms with Gasteiger partial charge < -0.3 is 10.1 Å². The highest BCUT2D eigenvalue weighted by Gasteiger charge is 2.18. The van der Waals surface area contributed by atoms with Gasteiger partial charge >= 0.3 is 0 Å². The van der Waals surface area contributed by atoms with Crippen LogP contribution in [0.5, 0.6) is 5.75 Å². The first-order valence-electron chi connectivity index (χ1n) is 9.57. The van der Waals surface area contributed by atoms with E-state index in [0.29, 0.717) is 22.1 Å². The van der Waals surface area contributed by atoms with Gasteiger partial charge in [0.05, 0.1) is 10.6 Å². The zero-order valence-electron chi connectivity index (χ0n) is 17.3. The molecular formula is C23H23ClN2O4S. The van der Waals surface area contributed by atoms with E-state index in [1.54, 1.807) is 38.1 Å². The van der Waals surface area contributed by atoms with Crippen LogP contribution < -0.4 is 14.8 Å². The fourth-order valence-electron chi connectivity index (χ4n) is 2.82. The number of carbonyl (C=O) groups excluding carboxylic acids is 1. The highest BCUT2D eigenvalue weighted by Crippen LogP contribution is 2.24. The molecule has 0 unspecified atom stereocenters. The van der Waals surface area contributed by atoms with Gasteiger partial charge in [-0.2, -0.15) is 0 Å². The molecule has 31 heavy (non-hydrogen) atoms. The summed E-state index contributed by atoms with van der Waals surface area (Å²) in [7, 11) is -3.80. The normalized spacial score (nSPS) is 12.1. The van der Waals surface area contributed by atoms with Crippen molar-refractivity contribution < 1.29 is 17.9 Å². The number of ether oxygens (including phenoxy) is 1. The Labute approximate surface area is 187 Å². The number of carbonyl (C=O) groups is 1. The van der Waals surface area contributed by atoms with Crippen molar-refractivity contribution in [2.45, 2.75) is 31.8 Å². The van der Waals surface area contributed by atoms with Crippen LogP contribution in [-0.4, -0.2) is 20.4 Å². The number of rotatable bonds is 7. The molecule has 0 saturated heterocycles. The number of nitrogens with one attached hydrogen (secondary N) is 2. The van der Waals surface area contributed by atoms with Crippen LogP contribution in [0.1, 0.15) is 18.1 Å². The second kappa shape index (κ2) is 9.41. The van der Waals surface area contributed by atoms with Gasteiger partial charge in [0.2, 0.25) is 0 Å². The molecular weight excluding hydrogens is 436 g/mol. The van der Waals surface area contributed by atoms with Crippen LogP contribution >= 0.6 is 11.6 Å². The summed E-state index contributed by atoms with van der Waals surface area (Å²) in [5.74, 6) is 0.260. The van der Waals surface area contributed by atoms with Gasteiger partial charge in [0.15, 0.2) is 6.10 Å². The number of anilines is 2. The van der Waals surface area contributed by atoms with Crippen LogP contribution in [0.4, 0.5) is 11.4 Å². The summed E-state index contributed by atoms with van der Waals surface area (Å²) < 4.78 is 33.6. The highest BCUT2D eigenvalue weighted by molar-refractivity contribution is 7.92. The monoisotopic (exact) mass is 458 g/mol. The quantitative estimate of drug-likeness (QED) is 0.512. The maximum atomic E-state index is 12.7. The molecule has 6 nitrogen and oxygen atoms in total.